The first kappa shape index (κ1) is 14.8. The zero-order valence-corrected chi connectivity index (χ0v) is 13.2. The van der Waals surface area contributed by atoms with Crippen LogP contribution in [0.25, 0.3) is 0 Å². The van der Waals surface area contributed by atoms with E-state index in [-0.39, 0.29) is 0 Å². The van der Waals surface area contributed by atoms with Crippen molar-refractivity contribution >= 4 is 0 Å². The second-order valence-corrected chi connectivity index (χ2v) is 6.36. The molecule has 0 radical (unpaired) electrons. The predicted molar refractivity (Wildman–Crippen MR) is 85.6 cm³/mol. The summed E-state index contributed by atoms with van der Waals surface area (Å²) >= 11 is 0. The van der Waals surface area contributed by atoms with Crippen molar-refractivity contribution in [2.45, 2.75) is 37.9 Å². The van der Waals surface area contributed by atoms with E-state index >= 15 is 0 Å². The van der Waals surface area contributed by atoms with Crippen LogP contribution >= 0.6 is 0 Å². The fraction of sp³-hybridized carbons (Fsp3) is 0.647. The van der Waals surface area contributed by atoms with Gasteiger partial charge in [0, 0.05) is 37.8 Å². The van der Waals surface area contributed by atoms with E-state index in [2.05, 4.69) is 28.9 Å². The highest BCUT2D eigenvalue weighted by Crippen LogP contribution is 2.31. The SMILES string of the molecule is COc1ccc(C(CN)N2CC3CCCN3CC2C)cc1. The Morgan fingerprint density at radius 1 is 1.29 bits per heavy atom. The van der Waals surface area contributed by atoms with Gasteiger partial charge in [-0.3, -0.25) is 9.80 Å². The third-order valence-corrected chi connectivity index (χ3v) is 5.11. The summed E-state index contributed by atoms with van der Waals surface area (Å²) in [6.45, 7) is 6.61. The number of methoxy groups -OCH3 is 1. The molecule has 2 heterocycles. The van der Waals surface area contributed by atoms with E-state index in [4.69, 9.17) is 10.5 Å². The molecule has 1 aromatic carbocycles. The molecule has 3 atom stereocenters. The van der Waals surface area contributed by atoms with E-state index in [0.717, 1.165) is 18.3 Å². The van der Waals surface area contributed by atoms with Crippen LogP contribution in [0.15, 0.2) is 24.3 Å². The lowest BCUT2D eigenvalue weighted by atomic mass is 9.99. The van der Waals surface area contributed by atoms with Crippen molar-refractivity contribution in [1.29, 1.82) is 0 Å². The molecule has 0 bridgehead atoms. The minimum Gasteiger partial charge on any atom is -0.497 e. The van der Waals surface area contributed by atoms with E-state index in [9.17, 15) is 0 Å². The molecule has 0 aromatic heterocycles. The summed E-state index contributed by atoms with van der Waals surface area (Å²) in [6, 6.07) is 9.99. The van der Waals surface area contributed by atoms with Gasteiger partial charge >= 0.3 is 0 Å². The average Bonchev–Trinajstić information content (AvgIpc) is 2.96. The molecule has 4 nitrogen and oxygen atoms in total. The Morgan fingerprint density at radius 2 is 2.05 bits per heavy atom. The summed E-state index contributed by atoms with van der Waals surface area (Å²) in [4.78, 5) is 5.26. The second-order valence-electron chi connectivity index (χ2n) is 6.36. The van der Waals surface area contributed by atoms with Crippen molar-refractivity contribution in [3.05, 3.63) is 29.8 Å². The van der Waals surface area contributed by atoms with E-state index in [0.29, 0.717) is 18.6 Å². The van der Waals surface area contributed by atoms with Crippen LogP contribution in [0.5, 0.6) is 5.75 Å². The lowest BCUT2D eigenvalue weighted by Crippen LogP contribution is -2.56. The molecule has 1 aromatic rings. The van der Waals surface area contributed by atoms with Gasteiger partial charge in [0.1, 0.15) is 5.75 Å². The van der Waals surface area contributed by atoms with Gasteiger partial charge in [-0.2, -0.15) is 0 Å². The molecule has 3 rings (SSSR count). The summed E-state index contributed by atoms with van der Waals surface area (Å²) in [7, 11) is 1.71. The van der Waals surface area contributed by atoms with Crippen LogP contribution in [0.1, 0.15) is 31.4 Å². The van der Waals surface area contributed by atoms with Crippen molar-refractivity contribution < 1.29 is 4.74 Å². The quantitative estimate of drug-likeness (QED) is 0.919. The fourth-order valence-electron chi connectivity index (χ4n) is 3.93. The highest BCUT2D eigenvalue weighted by molar-refractivity contribution is 5.29. The molecule has 2 N–H and O–H groups in total. The summed E-state index contributed by atoms with van der Waals surface area (Å²) in [5, 5.41) is 0. The van der Waals surface area contributed by atoms with E-state index < -0.39 is 0 Å². The Hall–Kier alpha value is -1.10. The summed E-state index contributed by atoms with van der Waals surface area (Å²) in [5.41, 5.74) is 7.42. The number of piperazine rings is 1. The van der Waals surface area contributed by atoms with Crippen molar-refractivity contribution in [2.24, 2.45) is 5.73 Å². The Bertz CT molecular complexity index is 462. The Balaban J connectivity index is 1.77. The van der Waals surface area contributed by atoms with Crippen molar-refractivity contribution in [2.75, 3.05) is 33.3 Å². The van der Waals surface area contributed by atoms with Crippen molar-refractivity contribution in [3.8, 4) is 5.75 Å². The van der Waals surface area contributed by atoms with Crippen LogP contribution in [-0.4, -0.2) is 55.2 Å². The summed E-state index contributed by atoms with van der Waals surface area (Å²) < 4.78 is 5.25. The molecule has 2 saturated heterocycles. The maximum absolute atomic E-state index is 6.12. The number of ether oxygens (including phenoxy) is 1. The second kappa shape index (κ2) is 6.34. The zero-order valence-electron chi connectivity index (χ0n) is 13.2. The number of benzene rings is 1. The molecule has 0 spiro atoms. The van der Waals surface area contributed by atoms with Gasteiger partial charge in [-0.25, -0.2) is 0 Å². The third-order valence-electron chi connectivity index (χ3n) is 5.11. The molecular weight excluding hydrogens is 262 g/mol. The molecule has 4 heteroatoms. The van der Waals surface area contributed by atoms with E-state index in [1.807, 2.05) is 12.1 Å². The minimum atomic E-state index is 0.314. The van der Waals surface area contributed by atoms with E-state index in [1.54, 1.807) is 7.11 Å². The molecular formula is C17H27N3O. The van der Waals surface area contributed by atoms with E-state index in [1.165, 1.54) is 31.5 Å². The number of hydrogen-bond donors (Lipinski definition) is 1. The van der Waals surface area contributed by atoms with Gasteiger partial charge in [-0.15, -0.1) is 0 Å². The Labute approximate surface area is 127 Å². The number of nitrogens with two attached hydrogens (primary N) is 1. The molecule has 0 amide bonds. The normalized spacial score (nSPS) is 28.3. The number of rotatable bonds is 4. The molecule has 0 saturated carbocycles. The largest absolute Gasteiger partial charge is 0.497 e. The van der Waals surface area contributed by atoms with Crippen LogP contribution in [0.2, 0.25) is 0 Å². The standard InChI is InChI=1S/C17H27N3O/c1-13-11-19-9-3-4-15(19)12-20(13)17(10-18)14-5-7-16(21-2)8-6-14/h5-8,13,15,17H,3-4,9-12,18H2,1-2H3. The number of nitrogens with zero attached hydrogens (tertiary/aromatic N) is 2. The molecule has 2 fully saturated rings. The summed E-state index contributed by atoms with van der Waals surface area (Å²) in [6.07, 6.45) is 2.68. The van der Waals surface area contributed by atoms with Crippen LogP contribution in [-0.2, 0) is 0 Å². The zero-order chi connectivity index (χ0) is 14.8. The van der Waals surface area contributed by atoms with Gasteiger partial charge in [-0.05, 0) is 44.0 Å². The number of hydrogen-bond acceptors (Lipinski definition) is 4. The lowest BCUT2D eigenvalue weighted by molar-refractivity contribution is 0.0296. The van der Waals surface area contributed by atoms with Gasteiger partial charge in [0.15, 0.2) is 0 Å². The van der Waals surface area contributed by atoms with Crippen LogP contribution in [0.3, 0.4) is 0 Å². The highest BCUT2D eigenvalue weighted by atomic mass is 16.5. The van der Waals surface area contributed by atoms with Crippen LogP contribution in [0, 0.1) is 0 Å². The van der Waals surface area contributed by atoms with Gasteiger partial charge < -0.3 is 10.5 Å². The Kier molecular flexibility index (Phi) is 4.48. The van der Waals surface area contributed by atoms with Gasteiger partial charge in [0.05, 0.1) is 7.11 Å². The topological polar surface area (TPSA) is 41.7 Å². The maximum Gasteiger partial charge on any atom is 0.118 e. The number of fused-ring (bicyclic) bond motifs is 1. The maximum atomic E-state index is 6.12. The Morgan fingerprint density at radius 3 is 2.71 bits per heavy atom. The predicted octanol–water partition coefficient (Wildman–Crippen LogP) is 1.86. The molecule has 3 unspecified atom stereocenters. The molecule has 2 aliphatic rings. The van der Waals surface area contributed by atoms with Crippen LogP contribution < -0.4 is 10.5 Å². The molecule has 21 heavy (non-hydrogen) atoms. The first-order chi connectivity index (χ1) is 10.2. The smallest absolute Gasteiger partial charge is 0.118 e. The minimum absolute atomic E-state index is 0.314. The molecule has 116 valence electrons. The highest BCUT2D eigenvalue weighted by Gasteiger charge is 2.37. The van der Waals surface area contributed by atoms with Crippen molar-refractivity contribution in [3.63, 3.8) is 0 Å². The first-order valence-corrected chi connectivity index (χ1v) is 8.06. The third kappa shape index (κ3) is 2.93. The van der Waals surface area contributed by atoms with Gasteiger partial charge in [0.25, 0.3) is 0 Å². The fourth-order valence-corrected chi connectivity index (χ4v) is 3.93. The van der Waals surface area contributed by atoms with Crippen LogP contribution in [0.4, 0.5) is 0 Å². The first-order valence-electron chi connectivity index (χ1n) is 8.06. The average molecular weight is 289 g/mol. The van der Waals surface area contributed by atoms with Gasteiger partial charge in [0.2, 0.25) is 0 Å². The van der Waals surface area contributed by atoms with Crippen molar-refractivity contribution in [1.82, 2.24) is 9.80 Å². The lowest BCUT2D eigenvalue weighted by Gasteiger charge is -2.46. The van der Waals surface area contributed by atoms with Gasteiger partial charge in [-0.1, -0.05) is 12.1 Å². The molecule has 0 aliphatic carbocycles. The monoisotopic (exact) mass is 289 g/mol. The summed E-state index contributed by atoms with van der Waals surface area (Å²) in [5.74, 6) is 0.906. The molecule has 2 aliphatic heterocycles.